The number of halogens is 1. The largest absolute Gasteiger partial charge is 0.426 e. The van der Waals surface area contributed by atoms with E-state index in [0.717, 1.165) is 10.0 Å². The fraction of sp³-hybridized carbons (Fsp3) is 0.0417. The SMILES string of the molecule is O=C(Cc1ccccc1)Oc1ccc(Br)cc1/C=C1/N=C(c2ccccc2)OC1=O. The number of nitrogens with zero attached hydrogens (tertiary/aromatic N) is 1. The number of benzene rings is 3. The van der Waals surface area contributed by atoms with Crippen LogP contribution < -0.4 is 4.74 Å². The minimum absolute atomic E-state index is 0.132. The van der Waals surface area contributed by atoms with E-state index in [1.807, 2.05) is 60.7 Å². The van der Waals surface area contributed by atoms with Crippen LogP contribution in [0.5, 0.6) is 5.75 Å². The molecule has 0 aliphatic carbocycles. The zero-order chi connectivity index (χ0) is 20.9. The van der Waals surface area contributed by atoms with Crippen molar-refractivity contribution in [2.24, 2.45) is 4.99 Å². The smallest absolute Gasteiger partial charge is 0.363 e. The van der Waals surface area contributed by atoms with Gasteiger partial charge in [0.15, 0.2) is 5.70 Å². The highest BCUT2D eigenvalue weighted by molar-refractivity contribution is 9.10. The topological polar surface area (TPSA) is 65.0 Å². The molecule has 1 heterocycles. The van der Waals surface area contributed by atoms with Crippen molar-refractivity contribution in [2.45, 2.75) is 6.42 Å². The summed E-state index contributed by atoms with van der Waals surface area (Å²) in [5, 5.41) is 0. The lowest BCUT2D eigenvalue weighted by atomic mass is 10.1. The maximum atomic E-state index is 12.4. The van der Waals surface area contributed by atoms with Gasteiger partial charge in [-0.1, -0.05) is 64.5 Å². The molecule has 0 amide bonds. The van der Waals surface area contributed by atoms with Gasteiger partial charge in [-0.05, 0) is 42.0 Å². The molecule has 3 aromatic carbocycles. The summed E-state index contributed by atoms with van der Waals surface area (Å²) in [6.45, 7) is 0. The average molecular weight is 462 g/mol. The molecule has 5 nitrogen and oxygen atoms in total. The zero-order valence-electron chi connectivity index (χ0n) is 15.7. The highest BCUT2D eigenvalue weighted by Crippen LogP contribution is 2.28. The number of rotatable bonds is 5. The summed E-state index contributed by atoms with van der Waals surface area (Å²) in [7, 11) is 0. The van der Waals surface area contributed by atoms with Crippen molar-refractivity contribution in [1.82, 2.24) is 0 Å². The standard InChI is InChI=1S/C24H16BrNO4/c25-19-11-12-21(29-22(27)13-16-7-3-1-4-8-16)18(14-19)15-20-24(28)30-23(26-20)17-9-5-2-6-10-17/h1-12,14-15H,13H2/b20-15+. The molecular weight excluding hydrogens is 446 g/mol. The number of hydrogen-bond donors (Lipinski definition) is 0. The summed E-state index contributed by atoms with van der Waals surface area (Å²) in [6.07, 6.45) is 1.69. The lowest BCUT2D eigenvalue weighted by molar-refractivity contribution is -0.133. The first kappa shape index (κ1) is 19.8. The molecule has 0 aromatic heterocycles. The summed E-state index contributed by atoms with van der Waals surface area (Å²) in [5.74, 6) is -0.381. The fourth-order valence-corrected chi connectivity index (χ4v) is 3.29. The van der Waals surface area contributed by atoms with Gasteiger partial charge < -0.3 is 9.47 Å². The monoisotopic (exact) mass is 461 g/mol. The van der Waals surface area contributed by atoms with Gasteiger partial charge in [0.1, 0.15) is 5.75 Å². The maximum Gasteiger partial charge on any atom is 0.363 e. The average Bonchev–Trinajstić information content (AvgIpc) is 3.12. The van der Waals surface area contributed by atoms with Gasteiger partial charge >= 0.3 is 11.9 Å². The molecule has 0 saturated carbocycles. The van der Waals surface area contributed by atoms with E-state index in [-0.39, 0.29) is 18.0 Å². The van der Waals surface area contributed by atoms with Crippen molar-refractivity contribution in [2.75, 3.05) is 0 Å². The fourth-order valence-electron chi connectivity index (χ4n) is 2.91. The van der Waals surface area contributed by atoms with Crippen LogP contribution in [0.25, 0.3) is 6.08 Å². The highest BCUT2D eigenvalue weighted by atomic mass is 79.9. The Morgan fingerprint density at radius 2 is 1.70 bits per heavy atom. The molecule has 0 unspecified atom stereocenters. The van der Waals surface area contributed by atoms with Crippen LogP contribution in [0, 0.1) is 0 Å². The van der Waals surface area contributed by atoms with Crippen molar-refractivity contribution in [3.8, 4) is 5.75 Å². The maximum absolute atomic E-state index is 12.4. The Balaban J connectivity index is 1.60. The molecule has 0 saturated heterocycles. The molecule has 0 spiro atoms. The molecule has 0 atom stereocenters. The second kappa shape index (κ2) is 8.88. The van der Waals surface area contributed by atoms with E-state index in [9.17, 15) is 9.59 Å². The van der Waals surface area contributed by atoms with Crippen LogP contribution in [0.3, 0.4) is 0 Å². The van der Waals surface area contributed by atoms with Crippen LogP contribution in [-0.2, 0) is 20.7 Å². The van der Waals surface area contributed by atoms with Gasteiger partial charge in [-0.15, -0.1) is 0 Å². The number of carbonyl (C=O) groups is 2. The van der Waals surface area contributed by atoms with Crippen LogP contribution in [0.2, 0.25) is 0 Å². The van der Waals surface area contributed by atoms with E-state index in [1.54, 1.807) is 24.3 Å². The minimum atomic E-state index is -0.560. The van der Waals surface area contributed by atoms with Crippen LogP contribution >= 0.6 is 15.9 Å². The molecule has 0 radical (unpaired) electrons. The molecule has 3 aromatic rings. The first-order valence-electron chi connectivity index (χ1n) is 9.20. The van der Waals surface area contributed by atoms with E-state index in [2.05, 4.69) is 20.9 Å². The van der Waals surface area contributed by atoms with Crippen LogP contribution in [0.15, 0.2) is 94.0 Å². The second-order valence-corrected chi connectivity index (χ2v) is 7.44. The van der Waals surface area contributed by atoms with Gasteiger partial charge in [0, 0.05) is 15.6 Å². The number of carbonyl (C=O) groups excluding carboxylic acids is 2. The van der Waals surface area contributed by atoms with Crippen molar-refractivity contribution < 1.29 is 19.1 Å². The quantitative estimate of drug-likeness (QED) is 0.306. The van der Waals surface area contributed by atoms with Crippen molar-refractivity contribution in [3.05, 3.63) is 106 Å². The number of esters is 2. The lowest BCUT2D eigenvalue weighted by Crippen LogP contribution is -2.12. The summed E-state index contributed by atoms with van der Waals surface area (Å²) in [5.41, 5.74) is 2.23. The molecule has 1 aliphatic rings. The lowest BCUT2D eigenvalue weighted by Gasteiger charge is -2.08. The first-order chi connectivity index (χ1) is 14.6. The van der Waals surface area contributed by atoms with Crippen molar-refractivity contribution in [3.63, 3.8) is 0 Å². The molecule has 30 heavy (non-hydrogen) atoms. The Bertz CT molecular complexity index is 1150. The van der Waals surface area contributed by atoms with E-state index in [1.165, 1.54) is 0 Å². The van der Waals surface area contributed by atoms with E-state index >= 15 is 0 Å². The molecule has 148 valence electrons. The number of ether oxygens (including phenoxy) is 2. The van der Waals surface area contributed by atoms with E-state index < -0.39 is 11.9 Å². The Morgan fingerprint density at radius 3 is 2.43 bits per heavy atom. The molecule has 4 rings (SSSR count). The van der Waals surface area contributed by atoms with E-state index in [0.29, 0.717) is 16.9 Å². The number of cyclic esters (lactones) is 1. The third-order valence-corrected chi connectivity index (χ3v) is 4.81. The van der Waals surface area contributed by atoms with Gasteiger partial charge in [-0.2, -0.15) is 0 Å². The molecule has 0 N–H and O–H groups in total. The van der Waals surface area contributed by atoms with Crippen LogP contribution in [0.1, 0.15) is 16.7 Å². The summed E-state index contributed by atoms with van der Waals surface area (Å²) < 4.78 is 11.6. The highest BCUT2D eigenvalue weighted by Gasteiger charge is 2.24. The first-order valence-corrected chi connectivity index (χ1v) is 10.00. The van der Waals surface area contributed by atoms with Gasteiger partial charge in [-0.3, -0.25) is 4.79 Å². The van der Waals surface area contributed by atoms with Gasteiger partial charge in [0.25, 0.3) is 0 Å². The van der Waals surface area contributed by atoms with Crippen molar-refractivity contribution >= 4 is 39.8 Å². The second-order valence-electron chi connectivity index (χ2n) is 6.52. The normalized spacial score (nSPS) is 14.4. The third-order valence-electron chi connectivity index (χ3n) is 4.32. The summed E-state index contributed by atoms with van der Waals surface area (Å²) in [6, 6.07) is 23.7. The van der Waals surface area contributed by atoms with Gasteiger partial charge in [0.05, 0.1) is 6.42 Å². The zero-order valence-corrected chi connectivity index (χ0v) is 17.3. The Morgan fingerprint density at radius 1 is 1.00 bits per heavy atom. The Kier molecular flexibility index (Phi) is 5.86. The molecule has 6 heteroatoms. The third kappa shape index (κ3) is 4.72. The Labute approximate surface area is 181 Å². The van der Waals surface area contributed by atoms with Crippen LogP contribution in [0.4, 0.5) is 0 Å². The predicted octanol–water partition coefficient (Wildman–Crippen LogP) is 4.94. The molecular formula is C24H16BrNO4. The molecule has 1 aliphatic heterocycles. The summed E-state index contributed by atoms with van der Waals surface area (Å²) >= 11 is 3.41. The molecule has 0 fully saturated rings. The Hall–Kier alpha value is -3.51. The number of aliphatic imine (C=N–C) groups is 1. The van der Waals surface area contributed by atoms with Crippen molar-refractivity contribution in [1.29, 1.82) is 0 Å². The minimum Gasteiger partial charge on any atom is -0.426 e. The van der Waals surface area contributed by atoms with Crippen LogP contribution in [-0.4, -0.2) is 17.8 Å². The predicted molar refractivity (Wildman–Crippen MR) is 117 cm³/mol. The van der Waals surface area contributed by atoms with Gasteiger partial charge in [0.2, 0.25) is 5.90 Å². The molecule has 0 bridgehead atoms. The van der Waals surface area contributed by atoms with E-state index in [4.69, 9.17) is 9.47 Å². The van der Waals surface area contributed by atoms with Gasteiger partial charge in [-0.25, -0.2) is 9.79 Å². The summed E-state index contributed by atoms with van der Waals surface area (Å²) in [4.78, 5) is 29.0. The number of hydrogen-bond acceptors (Lipinski definition) is 5.